The first-order valence-corrected chi connectivity index (χ1v) is 8.54. The number of hydrogen-bond donors (Lipinski definition) is 0. The number of piperidine rings is 1. The van der Waals surface area contributed by atoms with Crippen molar-refractivity contribution >= 4 is 34.9 Å². The van der Waals surface area contributed by atoms with E-state index in [9.17, 15) is 4.79 Å². The summed E-state index contributed by atoms with van der Waals surface area (Å²) in [6.45, 7) is 3.48. The first-order valence-electron chi connectivity index (χ1n) is 7.29. The summed E-state index contributed by atoms with van der Waals surface area (Å²) in [6.07, 6.45) is 3.93. The van der Waals surface area contributed by atoms with Crippen LogP contribution >= 0.6 is 22.9 Å². The highest BCUT2D eigenvalue weighted by Gasteiger charge is 2.22. The van der Waals surface area contributed by atoms with Crippen LogP contribution in [0.1, 0.15) is 33.9 Å². The average Bonchev–Trinajstić information content (AvgIpc) is 2.93. The summed E-state index contributed by atoms with van der Waals surface area (Å²) in [5.74, 6) is 0.0488. The number of thiophene rings is 1. The van der Waals surface area contributed by atoms with Gasteiger partial charge in [0, 0.05) is 18.8 Å². The van der Waals surface area contributed by atoms with Crippen LogP contribution in [0.5, 0.6) is 0 Å². The number of amides is 1. The second-order valence-electron chi connectivity index (χ2n) is 5.40. The molecule has 3 nitrogen and oxygen atoms in total. The van der Waals surface area contributed by atoms with Gasteiger partial charge in [-0.05, 0) is 49.4 Å². The summed E-state index contributed by atoms with van der Waals surface area (Å²) >= 11 is 7.46. The van der Waals surface area contributed by atoms with Gasteiger partial charge in [-0.1, -0.05) is 23.2 Å². The zero-order valence-electron chi connectivity index (χ0n) is 12.4. The summed E-state index contributed by atoms with van der Waals surface area (Å²) in [5, 5.41) is 2.41. The molecule has 0 unspecified atom stereocenters. The first-order chi connectivity index (χ1) is 10.6. The van der Waals surface area contributed by atoms with E-state index in [-0.39, 0.29) is 5.91 Å². The van der Waals surface area contributed by atoms with E-state index in [1.807, 2.05) is 35.4 Å². The van der Waals surface area contributed by atoms with E-state index in [4.69, 9.17) is 11.6 Å². The lowest BCUT2D eigenvalue weighted by Crippen LogP contribution is -2.36. The van der Waals surface area contributed by atoms with Crippen molar-refractivity contribution in [3.05, 3.63) is 56.5 Å². The zero-order chi connectivity index (χ0) is 15.5. The summed E-state index contributed by atoms with van der Waals surface area (Å²) in [6, 6.07) is 7.81. The smallest absolute Gasteiger partial charge is 0.265 e. The highest BCUT2D eigenvalue weighted by atomic mass is 35.5. The van der Waals surface area contributed by atoms with Gasteiger partial charge in [0.15, 0.2) is 0 Å². The lowest BCUT2D eigenvalue weighted by Gasteiger charge is -2.28. The van der Waals surface area contributed by atoms with Crippen molar-refractivity contribution in [2.45, 2.75) is 19.8 Å². The van der Waals surface area contributed by atoms with E-state index in [1.165, 1.54) is 16.9 Å². The fourth-order valence-corrected chi connectivity index (χ4v) is 3.69. The molecule has 2 aromatic rings. The molecule has 22 heavy (non-hydrogen) atoms. The fourth-order valence-electron chi connectivity index (χ4n) is 2.58. The van der Waals surface area contributed by atoms with Crippen molar-refractivity contribution in [3.63, 3.8) is 0 Å². The van der Waals surface area contributed by atoms with Crippen LogP contribution in [-0.4, -0.2) is 28.9 Å². The minimum Gasteiger partial charge on any atom is -0.337 e. The van der Waals surface area contributed by atoms with Crippen molar-refractivity contribution in [2.24, 2.45) is 0 Å². The molecule has 1 fully saturated rings. The van der Waals surface area contributed by atoms with Gasteiger partial charge >= 0.3 is 0 Å². The molecule has 2 aromatic heterocycles. The minimum atomic E-state index is 0.0488. The zero-order valence-corrected chi connectivity index (χ0v) is 14.0. The Bertz CT molecular complexity index is 713. The molecule has 0 saturated carbocycles. The highest BCUT2D eigenvalue weighted by Crippen LogP contribution is 2.26. The van der Waals surface area contributed by atoms with Crippen molar-refractivity contribution in [1.29, 1.82) is 0 Å². The van der Waals surface area contributed by atoms with Crippen LogP contribution in [0.25, 0.3) is 6.08 Å². The number of pyridine rings is 1. The molecule has 1 amide bonds. The standard InChI is InChI=1S/C17H17ClN2OS/c1-12-3-2-4-14(19-12)11-13-5-8-20(9-6-13)17(21)16-15(18)7-10-22-16/h2-4,7,10-11H,5-6,8-9H2,1H3. The van der Waals surface area contributed by atoms with Gasteiger partial charge in [0.25, 0.3) is 5.91 Å². The van der Waals surface area contributed by atoms with E-state index in [0.717, 1.165) is 37.3 Å². The van der Waals surface area contributed by atoms with Crippen LogP contribution in [0.2, 0.25) is 5.02 Å². The Hall–Kier alpha value is -1.65. The van der Waals surface area contributed by atoms with Crippen LogP contribution in [0, 0.1) is 6.92 Å². The van der Waals surface area contributed by atoms with Gasteiger partial charge in [0.1, 0.15) is 4.88 Å². The van der Waals surface area contributed by atoms with Gasteiger partial charge < -0.3 is 4.90 Å². The van der Waals surface area contributed by atoms with E-state index < -0.39 is 0 Å². The maximum atomic E-state index is 12.4. The highest BCUT2D eigenvalue weighted by molar-refractivity contribution is 7.12. The van der Waals surface area contributed by atoms with Crippen LogP contribution in [0.15, 0.2) is 35.2 Å². The molecule has 0 N–H and O–H groups in total. The Morgan fingerprint density at radius 1 is 1.32 bits per heavy atom. The number of rotatable bonds is 2. The molecule has 114 valence electrons. The quantitative estimate of drug-likeness (QED) is 0.815. The second kappa shape index (κ2) is 6.63. The molecule has 1 saturated heterocycles. The van der Waals surface area contributed by atoms with E-state index >= 15 is 0 Å². The molecular formula is C17H17ClN2OS. The van der Waals surface area contributed by atoms with Crippen molar-refractivity contribution < 1.29 is 4.79 Å². The third-order valence-corrected chi connectivity index (χ3v) is 5.10. The molecule has 0 atom stereocenters. The molecular weight excluding hydrogens is 316 g/mol. The SMILES string of the molecule is Cc1cccc(C=C2CCN(C(=O)c3sccc3Cl)CC2)n1. The van der Waals surface area contributed by atoms with Crippen LogP contribution < -0.4 is 0 Å². The van der Waals surface area contributed by atoms with Gasteiger partial charge in [-0.15, -0.1) is 11.3 Å². The Kier molecular flexibility index (Phi) is 4.60. The molecule has 1 aliphatic rings. The molecule has 0 aliphatic carbocycles. The Morgan fingerprint density at radius 3 is 2.73 bits per heavy atom. The van der Waals surface area contributed by atoms with Gasteiger partial charge in [-0.3, -0.25) is 9.78 Å². The number of aryl methyl sites for hydroxylation is 1. The number of hydrogen-bond acceptors (Lipinski definition) is 3. The largest absolute Gasteiger partial charge is 0.337 e. The average molecular weight is 333 g/mol. The molecule has 3 rings (SSSR count). The van der Waals surface area contributed by atoms with Gasteiger partial charge in [0.2, 0.25) is 0 Å². The topological polar surface area (TPSA) is 33.2 Å². The Labute approximate surface area is 139 Å². The minimum absolute atomic E-state index is 0.0488. The van der Waals surface area contributed by atoms with Gasteiger partial charge in [-0.25, -0.2) is 0 Å². The Balaban J connectivity index is 1.65. The molecule has 3 heterocycles. The third-order valence-electron chi connectivity index (χ3n) is 3.77. The lowest BCUT2D eigenvalue weighted by atomic mass is 10.0. The van der Waals surface area contributed by atoms with Gasteiger partial charge in [-0.2, -0.15) is 0 Å². The van der Waals surface area contributed by atoms with Crippen LogP contribution in [0.4, 0.5) is 0 Å². The summed E-state index contributed by atoms with van der Waals surface area (Å²) in [5.41, 5.74) is 3.37. The number of likely N-dealkylation sites (tertiary alicyclic amines) is 1. The number of carbonyl (C=O) groups is 1. The molecule has 0 radical (unpaired) electrons. The fraction of sp³-hybridized carbons (Fsp3) is 0.294. The van der Waals surface area contributed by atoms with E-state index in [0.29, 0.717) is 9.90 Å². The summed E-state index contributed by atoms with van der Waals surface area (Å²) in [7, 11) is 0. The lowest BCUT2D eigenvalue weighted by molar-refractivity contribution is 0.0749. The maximum absolute atomic E-state index is 12.4. The molecule has 0 spiro atoms. The number of nitrogens with zero attached hydrogens (tertiary/aromatic N) is 2. The monoisotopic (exact) mass is 332 g/mol. The van der Waals surface area contributed by atoms with Crippen molar-refractivity contribution in [1.82, 2.24) is 9.88 Å². The van der Waals surface area contributed by atoms with Crippen molar-refractivity contribution in [2.75, 3.05) is 13.1 Å². The van der Waals surface area contributed by atoms with Crippen LogP contribution in [0.3, 0.4) is 0 Å². The first kappa shape index (κ1) is 15.3. The normalized spacial score (nSPS) is 15.0. The van der Waals surface area contributed by atoms with E-state index in [1.54, 1.807) is 6.07 Å². The number of halogens is 1. The molecule has 0 aromatic carbocycles. The maximum Gasteiger partial charge on any atom is 0.265 e. The molecule has 5 heteroatoms. The molecule has 1 aliphatic heterocycles. The van der Waals surface area contributed by atoms with E-state index in [2.05, 4.69) is 11.1 Å². The predicted molar refractivity (Wildman–Crippen MR) is 91.4 cm³/mol. The summed E-state index contributed by atoms with van der Waals surface area (Å²) < 4.78 is 0. The van der Waals surface area contributed by atoms with Crippen LogP contribution in [-0.2, 0) is 0 Å². The Morgan fingerprint density at radius 2 is 2.09 bits per heavy atom. The number of aromatic nitrogens is 1. The van der Waals surface area contributed by atoms with Gasteiger partial charge in [0.05, 0.1) is 10.7 Å². The van der Waals surface area contributed by atoms with Crippen molar-refractivity contribution in [3.8, 4) is 0 Å². The third kappa shape index (κ3) is 3.39. The predicted octanol–water partition coefficient (Wildman–Crippen LogP) is 4.42. The summed E-state index contributed by atoms with van der Waals surface area (Å²) in [4.78, 5) is 19.4. The second-order valence-corrected chi connectivity index (χ2v) is 6.72. The molecule has 0 bridgehead atoms. The number of carbonyl (C=O) groups excluding carboxylic acids is 1.